The maximum absolute atomic E-state index is 11.3. The molecule has 0 aliphatic rings. The molecule has 0 aliphatic carbocycles. The molecule has 1 radical (unpaired) electrons. The summed E-state index contributed by atoms with van der Waals surface area (Å²) in [5, 5.41) is 41.2. The average molecular weight is 740 g/mol. The number of H-pyrrole nitrogens is 3. The van der Waals surface area contributed by atoms with Gasteiger partial charge in [0.05, 0.1) is 11.8 Å². The van der Waals surface area contributed by atoms with E-state index in [9.17, 15) is 14.4 Å². The fourth-order valence-electron chi connectivity index (χ4n) is 2.30. The second-order valence-electron chi connectivity index (χ2n) is 8.72. The van der Waals surface area contributed by atoms with Gasteiger partial charge in [0.2, 0.25) is 23.7 Å². The van der Waals surface area contributed by atoms with Crippen molar-refractivity contribution in [3.05, 3.63) is 59.1 Å². The molecule has 0 saturated heterocycles. The van der Waals surface area contributed by atoms with E-state index in [4.69, 9.17) is 37.3 Å². The van der Waals surface area contributed by atoms with Crippen LogP contribution in [0.25, 0.3) is 0 Å². The minimum absolute atomic E-state index is 0.0200. The number of aromatic hydroxyl groups is 1. The Morgan fingerprint density at radius 3 is 1.55 bits per heavy atom. The summed E-state index contributed by atoms with van der Waals surface area (Å²) in [4.78, 5) is 59.1. The van der Waals surface area contributed by atoms with Crippen LogP contribution in [0.2, 0.25) is 16.9 Å². The number of hydrogen-bond acceptors (Lipinski definition) is 14. The number of hydrogen-bond donors (Lipinski definition) is 6. The molecule has 20 heteroatoms. The molecule has 17 nitrogen and oxygen atoms in total. The van der Waals surface area contributed by atoms with Gasteiger partial charge in [0.15, 0.2) is 10.7 Å². The fraction of sp³-hybridized carbons (Fsp3) is 0.375. The maximum atomic E-state index is 11.3. The molecule has 3 rings (SSSR count). The van der Waals surface area contributed by atoms with Gasteiger partial charge in [-0.1, -0.05) is 11.6 Å². The van der Waals surface area contributed by atoms with E-state index in [0.717, 1.165) is 6.07 Å². The Balaban J connectivity index is 0. The molecule has 0 saturated carbocycles. The van der Waals surface area contributed by atoms with Crippen molar-refractivity contribution in [3.63, 3.8) is 0 Å². The first-order valence-corrected chi connectivity index (χ1v) is 17.4. The van der Waals surface area contributed by atoms with Crippen molar-refractivity contribution >= 4 is 61.8 Å². The Bertz CT molecular complexity index is 1530. The van der Waals surface area contributed by atoms with E-state index in [0.29, 0.717) is 23.5 Å². The monoisotopic (exact) mass is 740 g/mol. The molecule has 6 N–H and O–H groups in total. The zero-order valence-electron chi connectivity index (χ0n) is 25.9. The molecule has 0 bridgehead atoms. The predicted molar refractivity (Wildman–Crippen MR) is 173 cm³/mol. The fourth-order valence-corrected chi connectivity index (χ4v) is 2.51. The van der Waals surface area contributed by atoms with E-state index in [1.165, 1.54) is 6.82 Å². The van der Waals surface area contributed by atoms with Crippen LogP contribution >= 0.6 is 11.6 Å². The SMILES string of the molecule is CB(O)O.CN(C)c1nc(Cl)c(C#N)c(=O)[nH]1.CN(C)c1nc(O)cc(=O)[nH]1.Cc1nc(N(C)C)[nH]c(=O)c1C#N.[CH2]=[Sn][CH3]. The van der Waals surface area contributed by atoms with Crippen molar-refractivity contribution in [1.29, 1.82) is 10.5 Å². The first kappa shape index (κ1) is 41.9. The molecule has 3 aromatic heterocycles. The van der Waals surface area contributed by atoms with E-state index < -0.39 is 18.2 Å². The quantitative estimate of drug-likeness (QED) is 0.142. The summed E-state index contributed by atoms with van der Waals surface area (Å²) in [6.07, 6.45) is 0. The number of nitrogens with one attached hydrogen (secondary N) is 3. The molecule has 237 valence electrons. The summed E-state index contributed by atoms with van der Waals surface area (Å²) in [5.74, 6) is 0.864. The van der Waals surface area contributed by atoms with Gasteiger partial charge in [0, 0.05) is 42.3 Å². The van der Waals surface area contributed by atoms with E-state index in [2.05, 4.69) is 39.4 Å². The number of nitriles is 2. The second-order valence-corrected chi connectivity index (χ2v) is 11.1. The third-order valence-electron chi connectivity index (χ3n) is 4.16. The van der Waals surface area contributed by atoms with Crippen molar-refractivity contribution in [2.45, 2.75) is 18.7 Å². The number of anilines is 3. The summed E-state index contributed by atoms with van der Waals surface area (Å²) < 4.78 is 3.66. The number of aryl methyl sites for hydroxylation is 1. The number of halogens is 1. The van der Waals surface area contributed by atoms with E-state index >= 15 is 0 Å². The van der Waals surface area contributed by atoms with Crippen molar-refractivity contribution in [1.82, 2.24) is 29.9 Å². The molecule has 44 heavy (non-hydrogen) atoms. The van der Waals surface area contributed by atoms with Crippen LogP contribution < -0.4 is 31.4 Å². The molecular formula is C24H36BClN11O6Sn. The summed E-state index contributed by atoms with van der Waals surface area (Å²) in [6.45, 7) is 2.92. The van der Waals surface area contributed by atoms with Gasteiger partial charge in [-0.3, -0.25) is 29.3 Å². The van der Waals surface area contributed by atoms with Crippen LogP contribution in [-0.4, -0.2) is 120 Å². The molecule has 0 spiro atoms. The second kappa shape index (κ2) is 21.5. The Morgan fingerprint density at radius 2 is 1.23 bits per heavy atom. The zero-order valence-corrected chi connectivity index (χ0v) is 29.5. The first-order valence-electron chi connectivity index (χ1n) is 12.2. The van der Waals surface area contributed by atoms with Crippen LogP contribution in [0.15, 0.2) is 20.4 Å². The summed E-state index contributed by atoms with van der Waals surface area (Å²) in [5.41, 5.74) is -0.904. The summed E-state index contributed by atoms with van der Waals surface area (Å²) >= 11 is 5.58. The molecule has 3 aromatic rings. The average Bonchev–Trinajstić information content (AvgIpc) is 2.88. The van der Waals surface area contributed by atoms with E-state index in [1.807, 2.05) is 0 Å². The summed E-state index contributed by atoms with van der Waals surface area (Å²) in [7, 11) is 9.23. The Morgan fingerprint density at radius 1 is 0.864 bits per heavy atom. The Hall–Kier alpha value is -4.24. The third kappa shape index (κ3) is 16.4. The molecule has 0 aromatic carbocycles. The number of aromatic amines is 3. The van der Waals surface area contributed by atoms with Gasteiger partial charge in [0.1, 0.15) is 17.7 Å². The number of nitrogens with zero attached hydrogens (tertiary/aromatic N) is 8. The van der Waals surface area contributed by atoms with Crippen molar-refractivity contribution in [3.8, 4) is 18.0 Å². The van der Waals surface area contributed by atoms with Crippen LogP contribution in [0.4, 0.5) is 17.8 Å². The van der Waals surface area contributed by atoms with Gasteiger partial charge in [-0.25, -0.2) is 9.97 Å². The molecule has 0 fully saturated rings. The van der Waals surface area contributed by atoms with Crippen LogP contribution in [0.3, 0.4) is 0 Å². The predicted octanol–water partition coefficient (Wildman–Crippen LogP) is -0.822. The van der Waals surface area contributed by atoms with Crippen LogP contribution in [0.5, 0.6) is 5.88 Å². The van der Waals surface area contributed by atoms with E-state index in [-0.39, 0.29) is 48.4 Å². The first-order chi connectivity index (χ1) is 20.4. The number of aromatic nitrogens is 6. The van der Waals surface area contributed by atoms with Crippen molar-refractivity contribution < 1.29 is 15.2 Å². The van der Waals surface area contributed by atoms with Crippen molar-refractivity contribution in [2.24, 2.45) is 0 Å². The summed E-state index contributed by atoms with van der Waals surface area (Å²) in [6, 6.07) is 4.50. The van der Waals surface area contributed by atoms with Gasteiger partial charge in [-0.15, -0.1) is 0 Å². The third-order valence-corrected chi connectivity index (χ3v) is 4.43. The molecule has 0 atom stereocenters. The van der Waals surface area contributed by atoms with E-state index in [1.54, 1.807) is 76.0 Å². The van der Waals surface area contributed by atoms with Gasteiger partial charge >= 0.3 is 37.3 Å². The van der Waals surface area contributed by atoms with Crippen LogP contribution in [0, 0.1) is 29.6 Å². The standard InChI is InChI=1S/C8H10N4O.C7H7ClN4O.C6H9N3O2.CH5BO2.CH3.CH2.Sn/c1-5-6(4-9)7(13)11-8(10-5)12(2)3;1-12(2)7-10-5(8)4(3-9)6(13)11-7;1-9(2)6-7-4(10)3-5(11)8-6;1-2(3)4;;;/h1-3H3,(H,10,11,13);1-2H3,(H,10,11,13);3H,1-2H3,(H2,7,8,10,11);3-4H,1H3;1H3;1H2;. The van der Waals surface area contributed by atoms with Gasteiger partial charge < -0.3 is 29.9 Å². The number of rotatable bonds is 3. The van der Waals surface area contributed by atoms with Crippen molar-refractivity contribution in [2.75, 3.05) is 57.0 Å². The minimum atomic E-state index is -1.17. The normalized spacial score (nSPS) is 8.86. The topological polar surface area (TPSA) is 255 Å². The van der Waals surface area contributed by atoms with Gasteiger partial charge in [-0.05, 0) is 13.7 Å². The molecule has 3 heterocycles. The molecular weight excluding hydrogens is 703 g/mol. The zero-order chi connectivity index (χ0) is 34.7. The Kier molecular flexibility index (Phi) is 20.4. The van der Waals surface area contributed by atoms with Gasteiger partial charge in [-0.2, -0.15) is 15.5 Å². The molecule has 0 unspecified atom stereocenters. The Labute approximate surface area is 269 Å². The molecule has 0 amide bonds. The van der Waals surface area contributed by atoms with Crippen LogP contribution in [0.1, 0.15) is 16.8 Å². The van der Waals surface area contributed by atoms with Gasteiger partial charge in [0.25, 0.3) is 16.7 Å². The molecule has 0 aliphatic heterocycles. The van der Waals surface area contributed by atoms with Crippen LogP contribution in [-0.2, 0) is 0 Å².